The highest BCUT2D eigenvalue weighted by Gasteiger charge is 2.27. The Balaban J connectivity index is 1.33. The summed E-state index contributed by atoms with van der Waals surface area (Å²) in [7, 11) is 0. The summed E-state index contributed by atoms with van der Waals surface area (Å²) in [6, 6.07) is 0. The van der Waals surface area contributed by atoms with Crippen LogP contribution in [0.3, 0.4) is 0 Å². The summed E-state index contributed by atoms with van der Waals surface area (Å²) < 4.78 is 11.2. The lowest BCUT2D eigenvalue weighted by Gasteiger charge is -2.23. The summed E-state index contributed by atoms with van der Waals surface area (Å²) in [5.41, 5.74) is 0. The molecule has 0 aromatic rings. The molecule has 2 atom stereocenters. The van der Waals surface area contributed by atoms with Crippen molar-refractivity contribution in [2.75, 3.05) is 72.2 Å². The van der Waals surface area contributed by atoms with Gasteiger partial charge in [0, 0.05) is 51.9 Å². The van der Waals surface area contributed by atoms with E-state index in [0.717, 1.165) is 77.3 Å². The summed E-state index contributed by atoms with van der Waals surface area (Å²) in [6.45, 7) is 13.5. The molecule has 1 N–H and O–H groups in total. The Morgan fingerprint density at radius 1 is 1.19 bits per heavy atom. The fourth-order valence-electron chi connectivity index (χ4n) is 4.25. The molecule has 0 saturated carbocycles. The number of nitrogens with zero attached hydrogens (tertiary/aromatic N) is 3. The van der Waals surface area contributed by atoms with Crippen molar-refractivity contribution < 1.29 is 9.47 Å². The van der Waals surface area contributed by atoms with Crippen LogP contribution < -0.4 is 5.32 Å². The first-order valence-corrected chi connectivity index (χ1v) is 10.8. The van der Waals surface area contributed by atoms with Gasteiger partial charge in [0.05, 0.1) is 13.2 Å². The zero-order valence-electron chi connectivity index (χ0n) is 16.6. The van der Waals surface area contributed by atoms with Gasteiger partial charge in [-0.2, -0.15) is 0 Å². The molecule has 26 heavy (non-hydrogen) atoms. The van der Waals surface area contributed by atoms with Crippen LogP contribution in [0, 0.1) is 11.8 Å². The van der Waals surface area contributed by atoms with E-state index in [9.17, 15) is 0 Å². The monoisotopic (exact) mass is 366 g/mol. The smallest absolute Gasteiger partial charge is 0.193 e. The van der Waals surface area contributed by atoms with E-state index in [1.54, 1.807) is 0 Å². The van der Waals surface area contributed by atoms with Crippen molar-refractivity contribution in [3.05, 3.63) is 0 Å². The third-order valence-corrected chi connectivity index (χ3v) is 5.72. The highest BCUT2D eigenvalue weighted by molar-refractivity contribution is 5.80. The third-order valence-electron chi connectivity index (χ3n) is 5.72. The number of guanidine groups is 1. The van der Waals surface area contributed by atoms with E-state index in [4.69, 9.17) is 14.5 Å². The zero-order chi connectivity index (χ0) is 18.0. The fourth-order valence-corrected chi connectivity index (χ4v) is 4.25. The Bertz CT molecular complexity index is 420. The van der Waals surface area contributed by atoms with Gasteiger partial charge in [-0.3, -0.25) is 4.99 Å². The molecule has 3 aliphatic rings. The van der Waals surface area contributed by atoms with Crippen molar-refractivity contribution in [1.29, 1.82) is 0 Å². The van der Waals surface area contributed by atoms with Gasteiger partial charge in [0.2, 0.25) is 0 Å². The molecule has 0 aromatic carbocycles. The third kappa shape index (κ3) is 6.39. The second-order valence-electron chi connectivity index (χ2n) is 8.00. The highest BCUT2D eigenvalue weighted by atomic mass is 16.5. The van der Waals surface area contributed by atoms with Crippen LogP contribution in [0.1, 0.15) is 39.0 Å². The van der Waals surface area contributed by atoms with Crippen LogP contribution in [-0.2, 0) is 9.47 Å². The molecule has 0 aliphatic carbocycles. The molecule has 3 saturated heterocycles. The number of hydrogen-bond acceptors (Lipinski definition) is 4. The number of likely N-dealkylation sites (tertiary alicyclic amines) is 2. The Morgan fingerprint density at radius 2 is 2.08 bits per heavy atom. The average Bonchev–Trinajstić information content (AvgIpc) is 3.40. The highest BCUT2D eigenvalue weighted by Crippen LogP contribution is 2.20. The molecule has 2 unspecified atom stereocenters. The van der Waals surface area contributed by atoms with Crippen molar-refractivity contribution >= 4 is 5.96 Å². The fraction of sp³-hybridized carbons (Fsp3) is 0.950. The molecular weight excluding hydrogens is 328 g/mol. The van der Waals surface area contributed by atoms with Crippen molar-refractivity contribution in [2.24, 2.45) is 16.8 Å². The molecule has 150 valence electrons. The van der Waals surface area contributed by atoms with Crippen molar-refractivity contribution in [3.63, 3.8) is 0 Å². The normalized spacial score (nSPS) is 27.6. The Hall–Kier alpha value is -0.850. The minimum absolute atomic E-state index is 0.605. The van der Waals surface area contributed by atoms with Crippen LogP contribution in [0.2, 0.25) is 0 Å². The van der Waals surface area contributed by atoms with Crippen molar-refractivity contribution in [1.82, 2.24) is 15.1 Å². The van der Waals surface area contributed by atoms with E-state index in [1.165, 1.54) is 38.9 Å². The molecule has 0 radical (unpaired) electrons. The average molecular weight is 367 g/mol. The first-order valence-electron chi connectivity index (χ1n) is 10.8. The first kappa shape index (κ1) is 19.9. The van der Waals surface area contributed by atoms with E-state index in [0.29, 0.717) is 5.92 Å². The molecule has 3 aliphatic heterocycles. The Morgan fingerprint density at radius 3 is 2.85 bits per heavy atom. The SMILES string of the molecule is CCNC(=NCCCOCC1CCOC1)N1CCC(CN2CCCC2)C1. The lowest BCUT2D eigenvalue weighted by molar-refractivity contribution is 0.0893. The predicted molar refractivity (Wildman–Crippen MR) is 106 cm³/mol. The van der Waals surface area contributed by atoms with Crippen molar-refractivity contribution in [3.8, 4) is 0 Å². The number of ether oxygens (including phenoxy) is 2. The number of nitrogens with one attached hydrogen (secondary N) is 1. The molecule has 0 aromatic heterocycles. The summed E-state index contributed by atoms with van der Waals surface area (Å²) in [6.07, 6.45) is 6.21. The lowest BCUT2D eigenvalue weighted by Crippen LogP contribution is -2.40. The number of hydrogen-bond donors (Lipinski definition) is 1. The van der Waals surface area contributed by atoms with Gasteiger partial charge in [-0.15, -0.1) is 0 Å². The molecular formula is C20H38N4O2. The lowest BCUT2D eigenvalue weighted by atomic mass is 10.1. The van der Waals surface area contributed by atoms with Crippen LogP contribution in [-0.4, -0.2) is 88.0 Å². The Kier molecular flexibility index (Phi) is 8.49. The van der Waals surface area contributed by atoms with Gasteiger partial charge in [-0.05, 0) is 58.0 Å². The summed E-state index contributed by atoms with van der Waals surface area (Å²) in [4.78, 5) is 9.95. The summed E-state index contributed by atoms with van der Waals surface area (Å²) in [5.74, 6) is 2.50. The molecule has 0 spiro atoms. The minimum atomic E-state index is 0.605. The quantitative estimate of drug-likeness (QED) is 0.383. The number of aliphatic imine (C=N–C) groups is 1. The van der Waals surface area contributed by atoms with Gasteiger partial charge in [0.25, 0.3) is 0 Å². The molecule has 3 rings (SSSR count). The van der Waals surface area contributed by atoms with Crippen LogP contribution in [0.5, 0.6) is 0 Å². The maximum Gasteiger partial charge on any atom is 0.193 e. The predicted octanol–water partition coefficient (Wildman–Crippen LogP) is 1.81. The molecule has 3 heterocycles. The second-order valence-corrected chi connectivity index (χ2v) is 8.00. The second kappa shape index (κ2) is 11.1. The molecule has 3 fully saturated rings. The minimum Gasteiger partial charge on any atom is -0.381 e. The maximum absolute atomic E-state index is 5.79. The molecule has 6 nitrogen and oxygen atoms in total. The largest absolute Gasteiger partial charge is 0.381 e. The summed E-state index contributed by atoms with van der Waals surface area (Å²) >= 11 is 0. The zero-order valence-corrected chi connectivity index (χ0v) is 16.6. The van der Waals surface area contributed by atoms with E-state index >= 15 is 0 Å². The van der Waals surface area contributed by atoms with Gasteiger partial charge >= 0.3 is 0 Å². The van der Waals surface area contributed by atoms with Crippen LogP contribution in [0.25, 0.3) is 0 Å². The van der Waals surface area contributed by atoms with Gasteiger partial charge < -0.3 is 24.6 Å². The van der Waals surface area contributed by atoms with Gasteiger partial charge in [-0.1, -0.05) is 0 Å². The maximum atomic E-state index is 5.79. The van der Waals surface area contributed by atoms with Crippen LogP contribution >= 0.6 is 0 Å². The standard InChI is InChI=1S/C20H38N4O2/c1-2-21-20(22-8-5-12-25-16-19-7-13-26-17-19)24-11-6-18(15-24)14-23-9-3-4-10-23/h18-19H,2-17H2,1H3,(H,21,22). The summed E-state index contributed by atoms with van der Waals surface area (Å²) in [5, 5.41) is 3.48. The molecule has 6 heteroatoms. The van der Waals surface area contributed by atoms with Gasteiger partial charge in [0.15, 0.2) is 5.96 Å². The van der Waals surface area contributed by atoms with Gasteiger partial charge in [-0.25, -0.2) is 0 Å². The topological polar surface area (TPSA) is 49.3 Å². The molecule has 0 bridgehead atoms. The Labute approximate surface area is 159 Å². The number of rotatable bonds is 9. The van der Waals surface area contributed by atoms with E-state index in [2.05, 4.69) is 22.0 Å². The van der Waals surface area contributed by atoms with Gasteiger partial charge in [0.1, 0.15) is 0 Å². The van der Waals surface area contributed by atoms with E-state index in [1.807, 2.05) is 0 Å². The van der Waals surface area contributed by atoms with E-state index in [-0.39, 0.29) is 0 Å². The van der Waals surface area contributed by atoms with Crippen LogP contribution in [0.4, 0.5) is 0 Å². The van der Waals surface area contributed by atoms with Crippen LogP contribution in [0.15, 0.2) is 4.99 Å². The van der Waals surface area contributed by atoms with Crippen molar-refractivity contribution in [2.45, 2.75) is 39.0 Å². The molecule has 0 amide bonds. The van der Waals surface area contributed by atoms with E-state index < -0.39 is 0 Å². The first-order chi connectivity index (χ1) is 12.8.